The first-order chi connectivity index (χ1) is 39.9. The minimum atomic E-state index is -4.25. The molecule has 0 aromatic carbocycles. The third-order valence-electron chi connectivity index (χ3n) is 18.3. The first-order valence-corrected chi connectivity index (χ1v) is 45.2. The van der Waals surface area contributed by atoms with E-state index in [4.69, 9.17) is 31.4 Å². The normalized spacial score (nSPS) is 12.6. The summed E-state index contributed by atoms with van der Waals surface area (Å²) in [6.07, 6.45) is 81.7. The Morgan fingerprint density at radius 1 is 0.247 bits per heavy atom. The average Bonchev–Trinajstić information content (AvgIpc) is 3.47. The van der Waals surface area contributed by atoms with Gasteiger partial charge in [0.25, 0.3) is 0 Å². The molecule has 0 aromatic rings. The number of rotatable bonds is 70. The van der Waals surface area contributed by atoms with E-state index in [1.165, 1.54) is 347 Å². The summed E-state index contributed by atoms with van der Waals surface area (Å²) in [5, 5.41) is 0. The quantitative estimate of drug-likeness (QED) is 0.0362. The van der Waals surface area contributed by atoms with Crippen molar-refractivity contribution in [1.29, 1.82) is 0 Å². The summed E-state index contributed by atoms with van der Waals surface area (Å²) >= 11 is 5.30. The number of hydrogen-bond acceptors (Lipinski definition) is 6. The van der Waals surface area contributed by atoms with E-state index in [0.29, 0.717) is 11.5 Å². The van der Waals surface area contributed by atoms with Crippen LogP contribution in [0.25, 0.3) is 0 Å². The van der Waals surface area contributed by atoms with Gasteiger partial charge in [0.1, 0.15) is 0 Å². The van der Waals surface area contributed by atoms with E-state index < -0.39 is 19.2 Å². The molecule has 0 aromatic heterocycles. The zero-order valence-corrected chi connectivity index (χ0v) is 60.5. The van der Waals surface area contributed by atoms with Crippen LogP contribution in [0.4, 0.5) is 0 Å². The summed E-state index contributed by atoms with van der Waals surface area (Å²) in [5.74, 6) is 0.332. The Kier molecular flexibility index (Phi) is 68.3. The van der Waals surface area contributed by atoms with Gasteiger partial charge in [-0.15, -0.1) is 0 Å². The van der Waals surface area contributed by atoms with Crippen molar-refractivity contribution in [2.75, 3.05) is 11.5 Å². The first kappa shape index (κ1) is 81.4. The molecule has 0 heterocycles. The van der Waals surface area contributed by atoms with Gasteiger partial charge in [-0.3, -0.25) is 0 Å². The molecule has 0 N–H and O–H groups in total. The molecular formula is C74H148O4S2Sn. The van der Waals surface area contributed by atoms with Gasteiger partial charge in [0.05, 0.1) is 0 Å². The summed E-state index contributed by atoms with van der Waals surface area (Å²) < 4.78 is 15.4. The van der Waals surface area contributed by atoms with Crippen molar-refractivity contribution in [3.63, 3.8) is 0 Å². The SMILES string of the molecule is CCCCCCCCCCCCCCCCCCCCCCC(CS)C(=O)[O][Sn]([CH2]CCCCCCCCCCC)([CH2]CCCCCCCCCCC)[O]C(=O)C(CS)CCCCCCCCCCCCCCCCCCCCCC. The Morgan fingerprint density at radius 3 is 0.556 bits per heavy atom. The van der Waals surface area contributed by atoms with Gasteiger partial charge in [0.2, 0.25) is 0 Å². The Hall–Kier alpha value is 0.439. The van der Waals surface area contributed by atoms with Crippen molar-refractivity contribution in [3.8, 4) is 0 Å². The standard InChI is InChI=1S/2C25H50O2S.2C12H25.Sn/c2*1-2-3-4-5-6-7-8-9-10-11-12-13-14-15-16-17-18-19-20-21-22-24(23-28)25(26)27;2*1-3-5-7-9-11-12-10-8-6-4-2;/h2*24,28H,2-23H2,1H3,(H,26,27);2*1,3-12H2,2H3;/q;;;;+2/p-2. The summed E-state index contributed by atoms with van der Waals surface area (Å²) in [5.41, 5.74) is 0. The van der Waals surface area contributed by atoms with Crippen LogP contribution in [0.1, 0.15) is 426 Å². The van der Waals surface area contributed by atoms with Crippen molar-refractivity contribution in [3.05, 3.63) is 0 Å². The van der Waals surface area contributed by atoms with E-state index >= 15 is 0 Å². The molecule has 0 aliphatic rings. The maximum absolute atomic E-state index is 14.4. The molecule has 0 aliphatic carbocycles. The third kappa shape index (κ3) is 57.9. The number of hydrogen-bond donors (Lipinski definition) is 2. The molecule has 0 radical (unpaired) electrons. The molecule has 2 atom stereocenters. The number of unbranched alkanes of at least 4 members (excludes halogenated alkanes) is 56. The van der Waals surface area contributed by atoms with Crippen LogP contribution in [-0.2, 0) is 15.7 Å². The summed E-state index contributed by atoms with van der Waals surface area (Å²) in [6.45, 7) is 9.19. The molecule has 0 spiro atoms. The van der Waals surface area contributed by atoms with Crippen molar-refractivity contribution in [2.45, 2.75) is 435 Å². The first-order valence-electron chi connectivity index (χ1n) is 37.6. The topological polar surface area (TPSA) is 52.6 Å². The Morgan fingerprint density at radius 2 is 0.395 bits per heavy atom. The fourth-order valence-electron chi connectivity index (χ4n) is 12.5. The zero-order valence-electron chi connectivity index (χ0n) is 55.9. The van der Waals surface area contributed by atoms with E-state index in [0.717, 1.165) is 60.2 Å². The Balaban J connectivity index is 5.26. The van der Waals surface area contributed by atoms with Crippen LogP contribution in [0.15, 0.2) is 0 Å². The zero-order chi connectivity index (χ0) is 58.9. The fraction of sp³-hybridized carbons (Fsp3) is 0.973. The number of carbonyl (C=O) groups is 2. The van der Waals surface area contributed by atoms with Gasteiger partial charge in [0, 0.05) is 0 Å². The van der Waals surface area contributed by atoms with Crippen molar-refractivity contribution >= 4 is 56.4 Å². The van der Waals surface area contributed by atoms with Gasteiger partial charge < -0.3 is 0 Å². The molecule has 484 valence electrons. The van der Waals surface area contributed by atoms with Gasteiger partial charge in [-0.2, -0.15) is 0 Å². The fourth-order valence-corrected chi connectivity index (χ4v) is 22.7. The van der Waals surface area contributed by atoms with Crippen molar-refractivity contribution in [2.24, 2.45) is 11.8 Å². The van der Waals surface area contributed by atoms with Crippen molar-refractivity contribution in [1.82, 2.24) is 0 Å². The second-order valence-corrected chi connectivity index (χ2v) is 36.3. The number of thiol groups is 2. The predicted molar refractivity (Wildman–Crippen MR) is 371 cm³/mol. The predicted octanol–water partition coefficient (Wildman–Crippen LogP) is 26.9. The van der Waals surface area contributed by atoms with Crippen LogP contribution in [0.2, 0.25) is 8.87 Å². The molecule has 0 bridgehead atoms. The monoisotopic (exact) mass is 1280 g/mol. The molecule has 7 heteroatoms. The molecule has 0 saturated heterocycles. The van der Waals surface area contributed by atoms with Crippen LogP contribution in [0.3, 0.4) is 0 Å². The van der Waals surface area contributed by atoms with Gasteiger partial charge >= 0.3 is 362 Å². The van der Waals surface area contributed by atoms with E-state index in [1.54, 1.807) is 0 Å². The smallest absolute Gasteiger partial charge is 0.0654 e. The molecule has 0 saturated carbocycles. The van der Waals surface area contributed by atoms with Crippen LogP contribution >= 0.6 is 25.3 Å². The maximum atomic E-state index is 14.4. The summed E-state index contributed by atoms with van der Waals surface area (Å²) in [6, 6.07) is 0. The summed E-state index contributed by atoms with van der Waals surface area (Å²) in [7, 11) is 0. The molecular weight excluding hydrogens is 1140 g/mol. The minimum absolute atomic E-state index is 0.109. The molecule has 81 heavy (non-hydrogen) atoms. The second kappa shape index (κ2) is 67.9. The molecule has 0 fully saturated rings. The van der Waals surface area contributed by atoms with Crippen molar-refractivity contribution < 1.29 is 15.7 Å². The molecule has 0 rings (SSSR count). The van der Waals surface area contributed by atoms with Crippen LogP contribution in [-0.4, -0.2) is 42.6 Å². The second-order valence-electron chi connectivity index (χ2n) is 26.4. The van der Waals surface area contributed by atoms with E-state index in [-0.39, 0.29) is 23.8 Å². The Bertz CT molecular complexity index is 1140. The average molecular weight is 1280 g/mol. The van der Waals surface area contributed by atoms with Gasteiger partial charge in [-0.25, -0.2) is 0 Å². The van der Waals surface area contributed by atoms with E-state index in [1.807, 2.05) is 0 Å². The molecule has 4 nitrogen and oxygen atoms in total. The van der Waals surface area contributed by atoms with Crippen LogP contribution < -0.4 is 0 Å². The van der Waals surface area contributed by atoms with Crippen LogP contribution in [0.5, 0.6) is 0 Å². The van der Waals surface area contributed by atoms with Gasteiger partial charge in [-0.1, -0.05) is 168 Å². The third-order valence-corrected chi connectivity index (χ3v) is 28.8. The van der Waals surface area contributed by atoms with Gasteiger partial charge in [0.15, 0.2) is 0 Å². The molecule has 0 aliphatic heterocycles. The van der Waals surface area contributed by atoms with E-state index in [9.17, 15) is 9.59 Å². The number of carbonyl (C=O) groups excluding carboxylic acids is 2. The van der Waals surface area contributed by atoms with Crippen LogP contribution in [0, 0.1) is 11.8 Å². The Labute approximate surface area is 526 Å². The molecule has 2 unspecified atom stereocenters. The molecule has 0 amide bonds. The van der Waals surface area contributed by atoms with Gasteiger partial charge in [-0.05, 0) is 0 Å². The summed E-state index contributed by atoms with van der Waals surface area (Å²) in [4.78, 5) is 28.9. The minimum Gasteiger partial charge on any atom is -0.0654 e. The van der Waals surface area contributed by atoms with E-state index in [2.05, 4.69) is 27.7 Å².